The normalized spacial score (nSPS) is 10.1. The number of hydrogen-bond donors (Lipinski definition) is 1. The van der Waals surface area contributed by atoms with E-state index < -0.39 is 5.82 Å². The molecular weight excluding hydrogens is 257 g/mol. The first-order chi connectivity index (χ1) is 9.74. The second-order valence-electron chi connectivity index (χ2n) is 4.29. The molecule has 0 saturated carbocycles. The summed E-state index contributed by atoms with van der Waals surface area (Å²) in [5, 5.41) is 17.8. The van der Waals surface area contributed by atoms with Gasteiger partial charge in [-0.1, -0.05) is 18.2 Å². The summed E-state index contributed by atoms with van der Waals surface area (Å²) in [5.74, 6) is 0.215. The van der Waals surface area contributed by atoms with Crippen molar-refractivity contribution in [2.75, 3.05) is 6.61 Å². The van der Waals surface area contributed by atoms with Crippen molar-refractivity contribution in [3.05, 3.63) is 65.0 Å². The number of nitriles is 1. The fourth-order valence-corrected chi connectivity index (χ4v) is 1.88. The molecule has 0 atom stereocenters. The molecule has 2 aromatic rings. The SMILES string of the molecule is N#Cc1ccc(F)c(COc2ccccc2CCO)c1. The van der Waals surface area contributed by atoms with E-state index >= 15 is 0 Å². The van der Waals surface area contributed by atoms with Crippen LogP contribution < -0.4 is 4.74 Å². The van der Waals surface area contributed by atoms with Crippen LogP contribution in [0, 0.1) is 17.1 Å². The molecule has 0 aliphatic carbocycles. The van der Waals surface area contributed by atoms with Gasteiger partial charge in [-0.3, -0.25) is 0 Å². The number of rotatable bonds is 5. The molecule has 102 valence electrons. The molecule has 3 nitrogen and oxygen atoms in total. The summed E-state index contributed by atoms with van der Waals surface area (Å²) >= 11 is 0. The van der Waals surface area contributed by atoms with Gasteiger partial charge in [0, 0.05) is 12.2 Å². The lowest BCUT2D eigenvalue weighted by Gasteiger charge is -2.11. The minimum absolute atomic E-state index is 0.0264. The molecular formula is C16H14FNO2. The van der Waals surface area contributed by atoms with Crippen molar-refractivity contribution in [2.24, 2.45) is 0 Å². The molecule has 0 aromatic heterocycles. The Morgan fingerprint density at radius 2 is 1.95 bits per heavy atom. The molecule has 0 unspecified atom stereocenters. The van der Waals surface area contributed by atoms with Crippen molar-refractivity contribution >= 4 is 0 Å². The minimum atomic E-state index is -0.399. The third kappa shape index (κ3) is 3.34. The average Bonchev–Trinajstić information content (AvgIpc) is 2.48. The number of benzene rings is 2. The van der Waals surface area contributed by atoms with Crippen LogP contribution in [0.3, 0.4) is 0 Å². The summed E-state index contributed by atoms with van der Waals surface area (Å²) in [7, 11) is 0. The Bertz CT molecular complexity index is 635. The van der Waals surface area contributed by atoms with Crippen LogP contribution in [-0.4, -0.2) is 11.7 Å². The lowest BCUT2D eigenvalue weighted by atomic mass is 10.1. The quantitative estimate of drug-likeness (QED) is 0.909. The van der Waals surface area contributed by atoms with Crippen LogP contribution in [0.2, 0.25) is 0 Å². The highest BCUT2D eigenvalue weighted by Gasteiger charge is 2.07. The topological polar surface area (TPSA) is 53.2 Å². The molecule has 0 aliphatic rings. The van der Waals surface area contributed by atoms with Gasteiger partial charge in [0.15, 0.2) is 0 Å². The number of para-hydroxylation sites is 1. The van der Waals surface area contributed by atoms with E-state index in [-0.39, 0.29) is 13.2 Å². The maximum atomic E-state index is 13.6. The lowest BCUT2D eigenvalue weighted by Crippen LogP contribution is -2.02. The standard InChI is InChI=1S/C16H14FNO2/c17-15-6-5-12(10-18)9-14(15)11-20-16-4-2-1-3-13(16)7-8-19/h1-6,9,19H,7-8,11H2. The Balaban J connectivity index is 2.15. The first kappa shape index (κ1) is 14.0. The molecule has 4 heteroatoms. The molecule has 0 heterocycles. The summed E-state index contributed by atoms with van der Waals surface area (Å²) in [6.45, 7) is 0.0719. The molecule has 1 N–H and O–H groups in total. The molecule has 2 aromatic carbocycles. The fourth-order valence-electron chi connectivity index (χ4n) is 1.88. The van der Waals surface area contributed by atoms with Gasteiger partial charge in [-0.05, 0) is 36.2 Å². The average molecular weight is 271 g/mol. The van der Waals surface area contributed by atoms with Crippen molar-refractivity contribution in [1.82, 2.24) is 0 Å². The number of aliphatic hydroxyl groups excluding tert-OH is 1. The summed E-state index contributed by atoms with van der Waals surface area (Å²) in [6.07, 6.45) is 0.483. The Morgan fingerprint density at radius 3 is 2.70 bits per heavy atom. The molecule has 2 rings (SSSR count). The Kier molecular flexibility index (Phi) is 4.70. The predicted octanol–water partition coefficient (Wildman–Crippen LogP) is 2.81. The van der Waals surface area contributed by atoms with Gasteiger partial charge >= 0.3 is 0 Å². The van der Waals surface area contributed by atoms with Crippen molar-refractivity contribution in [1.29, 1.82) is 5.26 Å². The van der Waals surface area contributed by atoms with Crippen LogP contribution in [-0.2, 0) is 13.0 Å². The lowest BCUT2D eigenvalue weighted by molar-refractivity contribution is 0.281. The second kappa shape index (κ2) is 6.69. The summed E-state index contributed by atoms with van der Waals surface area (Å²) in [4.78, 5) is 0. The van der Waals surface area contributed by atoms with Crippen LogP contribution in [0.4, 0.5) is 4.39 Å². The third-order valence-electron chi connectivity index (χ3n) is 2.91. The van der Waals surface area contributed by atoms with Gasteiger partial charge in [-0.2, -0.15) is 5.26 Å². The molecule has 0 saturated heterocycles. The first-order valence-corrected chi connectivity index (χ1v) is 6.24. The highest BCUT2D eigenvalue weighted by Crippen LogP contribution is 2.20. The van der Waals surface area contributed by atoms with E-state index in [0.29, 0.717) is 23.3 Å². The third-order valence-corrected chi connectivity index (χ3v) is 2.91. The summed E-state index contributed by atoms with van der Waals surface area (Å²) in [5.41, 5.74) is 1.60. The fraction of sp³-hybridized carbons (Fsp3) is 0.188. The Morgan fingerprint density at radius 1 is 1.15 bits per heavy atom. The Hall–Kier alpha value is -2.38. The van der Waals surface area contributed by atoms with Crippen LogP contribution in [0.5, 0.6) is 5.75 Å². The van der Waals surface area contributed by atoms with Gasteiger partial charge in [-0.25, -0.2) is 4.39 Å². The van der Waals surface area contributed by atoms with E-state index in [9.17, 15) is 4.39 Å². The minimum Gasteiger partial charge on any atom is -0.489 e. The van der Waals surface area contributed by atoms with Crippen LogP contribution in [0.25, 0.3) is 0 Å². The van der Waals surface area contributed by atoms with Crippen LogP contribution in [0.15, 0.2) is 42.5 Å². The monoisotopic (exact) mass is 271 g/mol. The molecule has 20 heavy (non-hydrogen) atoms. The van der Waals surface area contributed by atoms with Gasteiger partial charge in [-0.15, -0.1) is 0 Å². The number of hydrogen-bond acceptors (Lipinski definition) is 3. The van der Waals surface area contributed by atoms with E-state index in [0.717, 1.165) is 5.56 Å². The van der Waals surface area contributed by atoms with E-state index in [1.165, 1.54) is 18.2 Å². The number of ether oxygens (including phenoxy) is 1. The molecule has 0 radical (unpaired) electrons. The van der Waals surface area contributed by atoms with E-state index in [1.807, 2.05) is 24.3 Å². The van der Waals surface area contributed by atoms with Crippen molar-refractivity contribution in [2.45, 2.75) is 13.0 Å². The number of aliphatic hydroxyl groups is 1. The van der Waals surface area contributed by atoms with Crippen molar-refractivity contribution in [3.8, 4) is 11.8 Å². The number of halogens is 1. The number of nitrogens with zero attached hydrogens (tertiary/aromatic N) is 1. The second-order valence-corrected chi connectivity index (χ2v) is 4.29. The van der Waals surface area contributed by atoms with Gasteiger partial charge < -0.3 is 9.84 Å². The zero-order valence-corrected chi connectivity index (χ0v) is 10.8. The van der Waals surface area contributed by atoms with E-state index in [1.54, 1.807) is 6.07 Å². The van der Waals surface area contributed by atoms with E-state index in [2.05, 4.69) is 0 Å². The van der Waals surface area contributed by atoms with Crippen molar-refractivity contribution < 1.29 is 14.2 Å². The van der Waals surface area contributed by atoms with Crippen molar-refractivity contribution in [3.63, 3.8) is 0 Å². The zero-order valence-electron chi connectivity index (χ0n) is 10.8. The Labute approximate surface area is 116 Å². The molecule has 0 aliphatic heterocycles. The van der Waals surface area contributed by atoms with Crippen LogP contribution in [0.1, 0.15) is 16.7 Å². The summed E-state index contributed by atoms with van der Waals surface area (Å²) in [6, 6.07) is 13.4. The highest BCUT2D eigenvalue weighted by molar-refractivity contribution is 5.36. The van der Waals surface area contributed by atoms with E-state index in [4.69, 9.17) is 15.1 Å². The van der Waals surface area contributed by atoms with Gasteiger partial charge in [0.1, 0.15) is 18.2 Å². The molecule has 0 spiro atoms. The summed E-state index contributed by atoms with van der Waals surface area (Å²) < 4.78 is 19.2. The van der Waals surface area contributed by atoms with Gasteiger partial charge in [0.2, 0.25) is 0 Å². The zero-order chi connectivity index (χ0) is 14.4. The van der Waals surface area contributed by atoms with Gasteiger partial charge in [0.25, 0.3) is 0 Å². The highest BCUT2D eigenvalue weighted by atomic mass is 19.1. The predicted molar refractivity (Wildman–Crippen MR) is 72.7 cm³/mol. The van der Waals surface area contributed by atoms with Gasteiger partial charge in [0.05, 0.1) is 11.6 Å². The first-order valence-electron chi connectivity index (χ1n) is 6.24. The molecule has 0 amide bonds. The largest absolute Gasteiger partial charge is 0.489 e. The smallest absolute Gasteiger partial charge is 0.129 e. The molecule has 0 bridgehead atoms. The molecule has 0 fully saturated rings. The maximum absolute atomic E-state index is 13.6. The van der Waals surface area contributed by atoms with Crippen LogP contribution >= 0.6 is 0 Å². The maximum Gasteiger partial charge on any atom is 0.129 e.